The van der Waals surface area contributed by atoms with Gasteiger partial charge in [-0.05, 0) is 42.5 Å². The van der Waals surface area contributed by atoms with Gasteiger partial charge < -0.3 is 5.11 Å². The smallest absolute Gasteiger partial charge is 0.320 e. The minimum absolute atomic E-state index is 0.221. The molecule has 1 saturated heterocycles. The normalized spacial score (nSPS) is 19.4. The van der Waals surface area contributed by atoms with Gasteiger partial charge in [0.1, 0.15) is 6.04 Å². The quantitative estimate of drug-likeness (QED) is 0.835. The average Bonchev–Trinajstić information content (AvgIpc) is 3.03. The number of rotatable bonds is 4. The highest BCUT2D eigenvalue weighted by molar-refractivity contribution is 6.42. The Morgan fingerprint density at radius 2 is 1.88 bits per heavy atom. The van der Waals surface area contributed by atoms with Gasteiger partial charge in [0.25, 0.3) is 0 Å². The van der Waals surface area contributed by atoms with Crippen molar-refractivity contribution in [3.05, 3.63) is 69.2 Å². The highest BCUT2D eigenvalue weighted by Crippen LogP contribution is 2.41. The molecule has 126 valence electrons. The SMILES string of the molecule is Cc1ccccc1C(c1cccc(Cl)c1Cl)N1CCCC1C(=O)O. The van der Waals surface area contributed by atoms with E-state index in [-0.39, 0.29) is 6.04 Å². The third kappa shape index (κ3) is 3.16. The van der Waals surface area contributed by atoms with E-state index in [9.17, 15) is 9.90 Å². The summed E-state index contributed by atoms with van der Waals surface area (Å²) in [7, 11) is 0. The number of aliphatic carboxylic acids is 1. The van der Waals surface area contributed by atoms with Crippen molar-refractivity contribution in [3.63, 3.8) is 0 Å². The highest BCUT2D eigenvalue weighted by atomic mass is 35.5. The fraction of sp³-hybridized carbons (Fsp3) is 0.316. The highest BCUT2D eigenvalue weighted by Gasteiger charge is 2.38. The molecule has 3 rings (SSSR count). The Kier molecular flexibility index (Phi) is 5.14. The first-order valence-electron chi connectivity index (χ1n) is 7.98. The molecule has 2 atom stereocenters. The summed E-state index contributed by atoms with van der Waals surface area (Å²) in [6, 6.07) is 12.8. The van der Waals surface area contributed by atoms with Crippen LogP contribution in [0.4, 0.5) is 0 Å². The number of halogens is 2. The third-order valence-corrected chi connectivity index (χ3v) is 5.50. The van der Waals surface area contributed by atoms with Crippen LogP contribution in [0.2, 0.25) is 10.0 Å². The van der Waals surface area contributed by atoms with Crippen molar-refractivity contribution in [3.8, 4) is 0 Å². The van der Waals surface area contributed by atoms with E-state index >= 15 is 0 Å². The van der Waals surface area contributed by atoms with Gasteiger partial charge in [-0.2, -0.15) is 0 Å². The van der Waals surface area contributed by atoms with E-state index in [1.54, 1.807) is 6.07 Å². The van der Waals surface area contributed by atoms with Crippen molar-refractivity contribution in [2.24, 2.45) is 0 Å². The molecule has 0 saturated carbocycles. The molecular weight excluding hydrogens is 345 g/mol. The van der Waals surface area contributed by atoms with E-state index in [1.165, 1.54) is 0 Å². The number of carboxylic acid groups (broad SMARTS) is 1. The maximum absolute atomic E-state index is 11.7. The molecule has 2 unspecified atom stereocenters. The van der Waals surface area contributed by atoms with Crippen molar-refractivity contribution in [1.82, 2.24) is 4.90 Å². The molecule has 1 N–H and O–H groups in total. The Balaban J connectivity index is 2.16. The second kappa shape index (κ2) is 7.14. The zero-order valence-electron chi connectivity index (χ0n) is 13.4. The number of nitrogens with zero attached hydrogens (tertiary/aromatic N) is 1. The first-order chi connectivity index (χ1) is 11.5. The fourth-order valence-electron chi connectivity index (χ4n) is 3.51. The summed E-state index contributed by atoms with van der Waals surface area (Å²) in [4.78, 5) is 13.7. The largest absolute Gasteiger partial charge is 0.480 e. The van der Waals surface area contributed by atoms with E-state index in [0.717, 1.165) is 29.7 Å². The minimum atomic E-state index is -0.788. The lowest BCUT2D eigenvalue weighted by Crippen LogP contribution is -2.39. The first kappa shape index (κ1) is 17.3. The lowest BCUT2D eigenvalue weighted by Gasteiger charge is -2.33. The maximum Gasteiger partial charge on any atom is 0.320 e. The number of hydrogen-bond donors (Lipinski definition) is 1. The van der Waals surface area contributed by atoms with Crippen LogP contribution in [0, 0.1) is 6.92 Å². The molecular formula is C19H19Cl2NO2. The summed E-state index contributed by atoms with van der Waals surface area (Å²) >= 11 is 12.7. The van der Waals surface area contributed by atoms with Crippen molar-refractivity contribution in [1.29, 1.82) is 0 Å². The zero-order chi connectivity index (χ0) is 17.3. The molecule has 0 aliphatic carbocycles. The summed E-state index contributed by atoms with van der Waals surface area (Å²) in [5, 5.41) is 10.6. The van der Waals surface area contributed by atoms with Crippen LogP contribution in [-0.4, -0.2) is 28.6 Å². The number of hydrogen-bond acceptors (Lipinski definition) is 2. The predicted molar refractivity (Wildman–Crippen MR) is 96.8 cm³/mol. The van der Waals surface area contributed by atoms with Crippen LogP contribution in [0.5, 0.6) is 0 Å². The molecule has 24 heavy (non-hydrogen) atoms. The van der Waals surface area contributed by atoms with Crippen molar-refractivity contribution in [2.75, 3.05) is 6.54 Å². The zero-order valence-corrected chi connectivity index (χ0v) is 14.9. The standard InChI is InChI=1S/C19H19Cl2NO2/c1-12-6-2-3-7-13(12)18(14-8-4-9-15(20)17(14)21)22-11-5-10-16(22)19(23)24/h2-4,6-9,16,18H,5,10-11H2,1H3,(H,23,24). The van der Waals surface area contributed by atoms with E-state index in [2.05, 4.69) is 0 Å². The Morgan fingerprint density at radius 3 is 2.58 bits per heavy atom. The number of carboxylic acids is 1. The van der Waals surface area contributed by atoms with E-state index < -0.39 is 12.0 Å². The first-order valence-corrected chi connectivity index (χ1v) is 8.74. The van der Waals surface area contributed by atoms with Crippen molar-refractivity contribution in [2.45, 2.75) is 31.8 Å². The number of carbonyl (C=O) groups is 1. The molecule has 2 aromatic carbocycles. The van der Waals surface area contributed by atoms with Gasteiger partial charge in [-0.3, -0.25) is 9.69 Å². The van der Waals surface area contributed by atoms with Crippen LogP contribution in [0.3, 0.4) is 0 Å². The molecule has 0 spiro atoms. The number of likely N-dealkylation sites (tertiary alicyclic amines) is 1. The third-order valence-electron chi connectivity index (χ3n) is 4.67. The lowest BCUT2D eigenvalue weighted by atomic mass is 9.93. The van der Waals surface area contributed by atoms with E-state index in [4.69, 9.17) is 23.2 Å². The Hall–Kier alpha value is -1.55. The molecule has 2 aromatic rings. The Labute approximate surface area is 151 Å². The Morgan fingerprint density at radius 1 is 1.17 bits per heavy atom. The summed E-state index contributed by atoms with van der Waals surface area (Å²) < 4.78 is 0. The number of aryl methyl sites for hydroxylation is 1. The predicted octanol–water partition coefficient (Wildman–Crippen LogP) is 4.94. The molecule has 0 amide bonds. The van der Waals surface area contributed by atoms with Crippen LogP contribution in [-0.2, 0) is 4.79 Å². The molecule has 1 aliphatic heterocycles. The van der Waals surface area contributed by atoms with Crippen LogP contribution >= 0.6 is 23.2 Å². The van der Waals surface area contributed by atoms with Crippen LogP contribution < -0.4 is 0 Å². The molecule has 0 bridgehead atoms. The second-order valence-electron chi connectivity index (χ2n) is 6.14. The van der Waals surface area contributed by atoms with Gasteiger partial charge in [-0.15, -0.1) is 0 Å². The summed E-state index contributed by atoms with van der Waals surface area (Å²) in [6.07, 6.45) is 1.51. The summed E-state index contributed by atoms with van der Waals surface area (Å²) in [6.45, 7) is 2.76. The minimum Gasteiger partial charge on any atom is -0.480 e. The van der Waals surface area contributed by atoms with Gasteiger partial charge in [-0.1, -0.05) is 59.6 Å². The van der Waals surface area contributed by atoms with Crippen LogP contribution in [0.1, 0.15) is 35.6 Å². The fourth-order valence-corrected chi connectivity index (χ4v) is 3.92. The molecule has 0 aromatic heterocycles. The van der Waals surface area contributed by atoms with Gasteiger partial charge in [0.2, 0.25) is 0 Å². The Bertz CT molecular complexity index is 763. The molecule has 1 heterocycles. The van der Waals surface area contributed by atoms with Crippen LogP contribution in [0.15, 0.2) is 42.5 Å². The summed E-state index contributed by atoms with van der Waals surface area (Å²) in [5.41, 5.74) is 3.02. The van der Waals surface area contributed by atoms with Crippen molar-refractivity contribution < 1.29 is 9.90 Å². The van der Waals surface area contributed by atoms with Gasteiger partial charge >= 0.3 is 5.97 Å². The second-order valence-corrected chi connectivity index (χ2v) is 6.92. The topological polar surface area (TPSA) is 40.5 Å². The van der Waals surface area contributed by atoms with Gasteiger partial charge in [0, 0.05) is 6.54 Å². The maximum atomic E-state index is 11.7. The molecule has 1 aliphatic rings. The summed E-state index contributed by atoms with van der Waals surface area (Å²) in [5.74, 6) is -0.788. The van der Waals surface area contributed by atoms with Gasteiger partial charge in [0.05, 0.1) is 16.1 Å². The van der Waals surface area contributed by atoms with Crippen LogP contribution in [0.25, 0.3) is 0 Å². The molecule has 3 nitrogen and oxygen atoms in total. The molecule has 0 radical (unpaired) electrons. The average molecular weight is 364 g/mol. The lowest BCUT2D eigenvalue weighted by molar-refractivity contribution is -0.142. The number of benzene rings is 2. The van der Waals surface area contributed by atoms with E-state index in [0.29, 0.717) is 16.5 Å². The van der Waals surface area contributed by atoms with Crippen molar-refractivity contribution >= 4 is 29.2 Å². The van der Waals surface area contributed by atoms with Gasteiger partial charge in [-0.25, -0.2) is 0 Å². The van der Waals surface area contributed by atoms with E-state index in [1.807, 2.05) is 48.2 Å². The monoisotopic (exact) mass is 363 g/mol. The molecule has 1 fully saturated rings. The van der Waals surface area contributed by atoms with Gasteiger partial charge in [0.15, 0.2) is 0 Å². The molecule has 5 heteroatoms.